The second-order valence-corrected chi connectivity index (χ2v) is 5.10. The Morgan fingerprint density at radius 3 is 2.67 bits per heavy atom. The highest BCUT2D eigenvalue weighted by atomic mass is 16.3. The molecule has 1 saturated heterocycles. The van der Waals surface area contributed by atoms with Gasteiger partial charge < -0.3 is 10.4 Å². The first-order valence-corrected chi connectivity index (χ1v) is 6.97. The summed E-state index contributed by atoms with van der Waals surface area (Å²) in [5.74, 6) is 0.341. The second kappa shape index (κ2) is 6.21. The van der Waals surface area contributed by atoms with E-state index >= 15 is 0 Å². The molecule has 2 N–H and O–H groups in total. The van der Waals surface area contributed by atoms with Crippen LogP contribution in [0.3, 0.4) is 0 Å². The number of hydrogen-bond acceptors (Lipinski definition) is 3. The Hall–Kier alpha value is -1.06. The van der Waals surface area contributed by atoms with Gasteiger partial charge >= 0.3 is 0 Å². The van der Waals surface area contributed by atoms with Crippen LogP contribution in [-0.4, -0.2) is 35.7 Å². The summed E-state index contributed by atoms with van der Waals surface area (Å²) in [6.45, 7) is 7.79. The van der Waals surface area contributed by atoms with E-state index in [-0.39, 0.29) is 0 Å². The van der Waals surface area contributed by atoms with Crippen molar-refractivity contribution in [2.24, 2.45) is 0 Å². The van der Waals surface area contributed by atoms with Crippen LogP contribution in [0, 0.1) is 0 Å². The fourth-order valence-corrected chi connectivity index (χ4v) is 2.91. The molecule has 18 heavy (non-hydrogen) atoms. The molecule has 1 aliphatic rings. The average molecular weight is 248 g/mol. The van der Waals surface area contributed by atoms with Gasteiger partial charge in [-0.1, -0.05) is 19.1 Å². The van der Waals surface area contributed by atoms with Crippen LogP contribution in [0.2, 0.25) is 0 Å². The lowest BCUT2D eigenvalue weighted by molar-refractivity contribution is 0.128. The SMILES string of the molecule is CCN(C1CCCNC1)C(C)c1ccc(O)cc1. The Labute approximate surface area is 110 Å². The van der Waals surface area contributed by atoms with E-state index < -0.39 is 0 Å². The molecule has 1 aromatic rings. The molecule has 1 aliphatic heterocycles. The predicted molar refractivity (Wildman–Crippen MR) is 74.8 cm³/mol. The van der Waals surface area contributed by atoms with E-state index in [1.54, 1.807) is 12.1 Å². The van der Waals surface area contributed by atoms with Gasteiger partial charge in [0.25, 0.3) is 0 Å². The highest BCUT2D eigenvalue weighted by Crippen LogP contribution is 2.26. The minimum atomic E-state index is 0.341. The average Bonchev–Trinajstić information content (AvgIpc) is 2.41. The molecule has 0 aliphatic carbocycles. The lowest BCUT2D eigenvalue weighted by atomic mass is 10.0. The first-order chi connectivity index (χ1) is 8.72. The van der Waals surface area contributed by atoms with Crippen molar-refractivity contribution in [3.05, 3.63) is 29.8 Å². The normalized spacial score (nSPS) is 22.1. The van der Waals surface area contributed by atoms with E-state index in [9.17, 15) is 5.11 Å². The summed E-state index contributed by atoms with van der Waals surface area (Å²) in [6, 6.07) is 8.64. The van der Waals surface area contributed by atoms with Gasteiger partial charge in [-0.2, -0.15) is 0 Å². The molecule has 0 bridgehead atoms. The summed E-state index contributed by atoms with van der Waals surface area (Å²) < 4.78 is 0. The van der Waals surface area contributed by atoms with Gasteiger partial charge in [0, 0.05) is 18.6 Å². The van der Waals surface area contributed by atoms with Crippen LogP contribution in [0.1, 0.15) is 38.3 Å². The maximum Gasteiger partial charge on any atom is 0.115 e. The topological polar surface area (TPSA) is 35.5 Å². The van der Waals surface area contributed by atoms with Crippen molar-refractivity contribution in [1.29, 1.82) is 0 Å². The molecule has 0 amide bonds. The van der Waals surface area contributed by atoms with E-state index in [2.05, 4.69) is 24.1 Å². The molecule has 0 aromatic heterocycles. The van der Waals surface area contributed by atoms with Gasteiger partial charge in [0.1, 0.15) is 5.75 Å². The smallest absolute Gasteiger partial charge is 0.115 e. The molecule has 2 atom stereocenters. The predicted octanol–water partition coefficient (Wildman–Crippen LogP) is 2.53. The van der Waals surface area contributed by atoms with Crippen molar-refractivity contribution >= 4 is 0 Å². The Morgan fingerprint density at radius 2 is 2.11 bits per heavy atom. The standard InChI is InChI=1S/C15H24N2O/c1-3-17(14-5-4-10-16-11-14)12(2)13-6-8-15(18)9-7-13/h6-9,12,14,16,18H,3-5,10-11H2,1-2H3. The number of nitrogens with one attached hydrogen (secondary N) is 1. The molecule has 0 radical (unpaired) electrons. The molecule has 2 rings (SSSR count). The first kappa shape index (κ1) is 13.4. The third-order valence-corrected chi connectivity index (χ3v) is 3.98. The third-order valence-electron chi connectivity index (χ3n) is 3.98. The summed E-state index contributed by atoms with van der Waals surface area (Å²) in [5, 5.41) is 12.8. The number of aromatic hydroxyl groups is 1. The quantitative estimate of drug-likeness (QED) is 0.859. The van der Waals surface area contributed by atoms with E-state index in [0.717, 1.165) is 19.6 Å². The van der Waals surface area contributed by atoms with Crippen LogP contribution in [0.4, 0.5) is 0 Å². The van der Waals surface area contributed by atoms with E-state index in [1.807, 2.05) is 12.1 Å². The lowest BCUT2D eigenvalue weighted by Crippen LogP contribution is -2.46. The largest absolute Gasteiger partial charge is 0.508 e. The van der Waals surface area contributed by atoms with Gasteiger partial charge in [-0.3, -0.25) is 4.90 Å². The summed E-state index contributed by atoms with van der Waals surface area (Å²) in [4.78, 5) is 2.55. The number of benzene rings is 1. The number of nitrogens with zero attached hydrogens (tertiary/aromatic N) is 1. The van der Waals surface area contributed by atoms with Gasteiger partial charge in [-0.25, -0.2) is 0 Å². The van der Waals surface area contributed by atoms with Crippen molar-refractivity contribution in [2.45, 2.75) is 38.8 Å². The summed E-state index contributed by atoms with van der Waals surface area (Å²) in [7, 11) is 0. The third kappa shape index (κ3) is 3.03. The van der Waals surface area contributed by atoms with Gasteiger partial charge in [0.05, 0.1) is 0 Å². The van der Waals surface area contributed by atoms with Crippen LogP contribution in [0.25, 0.3) is 0 Å². The Morgan fingerprint density at radius 1 is 1.39 bits per heavy atom. The number of rotatable bonds is 4. The van der Waals surface area contributed by atoms with Crippen LogP contribution >= 0.6 is 0 Å². The Balaban J connectivity index is 2.08. The molecule has 0 spiro atoms. The van der Waals surface area contributed by atoms with Crippen molar-refractivity contribution in [3.63, 3.8) is 0 Å². The molecular formula is C15H24N2O. The molecule has 1 aromatic carbocycles. The first-order valence-electron chi connectivity index (χ1n) is 6.97. The van der Waals surface area contributed by atoms with Crippen LogP contribution in [0.5, 0.6) is 5.75 Å². The highest BCUT2D eigenvalue weighted by Gasteiger charge is 2.24. The lowest BCUT2D eigenvalue weighted by Gasteiger charge is -2.38. The molecule has 3 nitrogen and oxygen atoms in total. The van der Waals surface area contributed by atoms with Gasteiger partial charge in [-0.15, -0.1) is 0 Å². The van der Waals surface area contributed by atoms with E-state index in [4.69, 9.17) is 0 Å². The van der Waals surface area contributed by atoms with Gasteiger partial charge in [0.15, 0.2) is 0 Å². The Bertz CT molecular complexity index is 357. The zero-order valence-electron chi connectivity index (χ0n) is 11.4. The zero-order chi connectivity index (χ0) is 13.0. The monoisotopic (exact) mass is 248 g/mol. The van der Waals surface area contributed by atoms with Gasteiger partial charge in [0.2, 0.25) is 0 Å². The summed E-state index contributed by atoms with van der Waals surface area (Å²) >= 11 is 0. The number of phenolic OH excluding ortho intramolecular Hbond substituents is 1. The van der Waals surface area contributed by atoms with Crippen LogP contribution in [0.15, 0.2) is 24.3 Å². The highest BCUT2D eigenvalue weighted by molar-refractivity contribution is 5.27. The maximum atomic E-state index is 9.36. The molecule has 1 fully saturated rings. The molecular weight excluding hydrogens is 224 g/mol. The summed E-state index contributed by atoms with van der Waals surface area (Å²) in [6.07, 6.45) is 2.55. The zero-order valence-corrected chi connectivity index (χ0v) is 11.4. The second-order valence-electron chi connectivity index (χ2n) is 5.10. The number of likely N-dealkylation sites (N-methyl/N-ethyl adjacent to an activating group) is 1. The van der Waals surface area contributed by atoms with Crippen LogP contribution in [-0.2, 0) is 0 Å². The number of hydrogen-bond donors (Lipinski definition) is 2. The molecule has 2 unspecified atom stereocenters. The fourth-order valence-electron chi connectivity index (χ4n) is 2.91. The van der Waals surface area contributed by atoms with Crippen molar-refractivity contribution in [1.82, 2.24) is 10.2 Å². The number of phenols is 1. The molecule has 100 valence electrons. The molecule has 1 heterocycles. The summed E-state index contributed by atoms with van der Waals surface area (Å²) in [5.41, 5.74) is 1.28. The fraction of sp³-hybridized carbons (Fsp3) is 0.600. The van der Waals surface area contributed by atoms with E-state index in [0.29, 0.717) is 17.8 Å². The minimum absolute atomic E-state index is 0.341. The molecule has 3 heteroatoms. The van der Waals surface area contributed by atoms with Crippen molar-refractivity contribution < 1.29 is 5.11 Å². The van der Waals surface area contributed by atoms with Crippen molar-refractivity contribution in [3.8, 4) is 5.75 Å². The van der Waals surface area contributed by atoms with Gasteiger partial charge in [-0.05, 0) is 50.6 Å². The van der Waals surface area contributed by atoms with Crippen LogP contribution < -0.4 is 5.32 Å². The maximum absolute atomic E-state index is 9.36. The Kier molecular flexibility index (Phi) is 4.61. The molecule has 0 saturated carbocycles. The van der Waals surface area contributed by atoms with E-state index in [1.165, 1.54) is 18.4 Å². The minimum Gasteiger partial charge on any atom is -0.508 e. The number of piperidine rings is 1. The van der Waals surface area contributed by atoms with Crippen molar-refractivity contribution in [2.75, 3.05) is 19.6 Å².